The fourth-order valence-electron chi connectivity index (χ4n) is 2.94. The minimum atomic E-state index is 0.323. The number of fused-ring (bicyclic) bond motifs is 1. The molecule has 2 nitrogen and oxygen atoms in total. The second-order valence-corrected chi connectivity index (χ2v) is 5.92. The van der Waals surface area contributed by atoms with Gasteiger partial charge in [0.2, 0.25) is 0 Å². The highest BCUT2D eigenvalue weighted by molar-refractivity contribution is 5.76. The van der Waals surface area contributed by atoms with E-state index in [0.29, 0.717) is 11.8 Å². The molecule has 0 aliphatic carbocycles. The van der Waals surface area contributed by atoms with E-state index in [1.54, 1.807) is 0 Å². The van der Waals surface area contributed by atoms with Crippen molar-refractivity contribution < 1.29 is 0 Å². The van der Waals surface area contributed by atoms with Crippen molar-refractivity contribution in [1.82, 2.24) is 9.97 Å². The van der Waals surface area contributed by atoms with Crippen LogP contribution in [-0.4, -0.2) is 9.97 Å². The number of aromatic amines is 1. The molecule has 0 aliphatic heterocycles. The Morgan fingerprint density at radius 2 is 1.86 bits per heavy atom. The van der Waals surface area contributed by atoms with Crippen LogP contribution in [-0.2, 0) is 0 Å². The van der Waals surface area contributed by atoms with Crippen LogP contribution in [0.5, 0.6) is 0 Å². The summed E-state index contributed by atoms with van der Waals surface area (Å²) in [5, 5.41) is 0. The second kappa shape index (κ2) is 5.72. The summed E-state index contributed by atoms with van der Waals surface area (Å²) in [4.78, 5) is 8.38. The number of hydrogen-bond donors (Lipinski definition) is 1. The first-order valence-corrected chi connectivity index (χ1v) is 7.70. The summed E-state index contributed by atoms with van der Waals surface area (Å²) in [6, 6.07) is 17.1. The summed E-state index contributed by atoms with van der Waals surface area (Å²) in [5.74, 6) is 1.95. The molecule has 0 spiro atoms. The van der Waals surface area contributed by atoms with Gasteiger partial charge in [0.25, 0.3) is 0 Å². The number of H-pyrrole nitrogens is 1. The Hall–Kier alpha value is -2.09. The molecule has 0 fully saturated rings. The molecule has 2 heteroatoms. The fourth-order valence-corrected chi connectivity index (χ4v) is 2.94. The van der Waals surface area contributed by atoms with Gasteiger partial charge in [-0.15, -0.1) is 0 Å². The van der Waals surface area contributed by atoms with Gasteiger partial charge in [0.15, 0.2) is 0 Å². The number of hydrogen-bond acceptors (Lipinski definition) is 1. The van der Waals surface area contributed by atoms with Gasteiger partial charge in [-0.3, -0.25) is 0 Å². The van der Waals surface area contributed by atoms with Crippen LogP contribution in [0.25, 0.3) is 11.0 Å². The third-order valence-corrected chi connectivity index (χ3v) is 4.32. The van der Waals surface area contributed by atoms with Gasteiger partial charge in [-0.25, -0.2) is 4.98 Å². The molecule has 21 heavy (non-hydrogen) atoms. The first kappa shape index (κ1) is 13.9. The zero-order valence-electron chi connectivity index (χ0n) is 12.9. The summed E-state index contributed by atoms with van der Waals surface area (Å²) in [7, 11) is 0. The third kappa shape index (κ3) is 2.71. The molecular formula is C19H22N2. The SMILES string of the molecule is CCC(C)C(c1ccccc1)c1nc2ccc(C)cc2[nH]1. The molecule has 0 aliphatic rings. The number of nitrogens with zero attached hydrogens (tertiary/aromatic N) is 1. The molecule has 2 atom stereocenters. The van der Waals surface area contributed by atoms with E-state index in [1.165, 1.54) is 11.1 Å². The third-order valence-electron chi connectivity index (χ3n) is 4.32. The molecule has 2 unspecified atom stereocenters. The highest BCUT2D eigenvalue weighted by atomic mass is 14.9. The van der Waals surface area contributed by atoms with E-state index in [2.05, 4.69) is 74.3 Å². The lowest BCUT2D eigenvalue weighted by atomic mass is 9.85. The number of imidazole rings is 1. The van der Waals surface area contributed by atoms with Crippen LogP contribution in [0.3, 0.4) is 0 Å². The van der Waals surface area contributed by atoms with Crippen LogP contribution in [0.4, 0.5) is 0 Å². The molecule has 0 saturated heterocycles. The molecule has 0 radical (unpaired) electrons. The molecule has 2 aromatic carbocycles. The summed E-state index contributed by atoms with van der Waals surface area (Å²) < 4.78 is 0. The molecule has 0 bridgehead atoms. The topological polar surface area (TPSA) is 28.7 Å². The number of benzene rings is 2. The Labute approximate surface area is 126 Å². The lowest BCUT2D eigenvalue weighted by Crippen LogP contribution is -2.12. The lowest BCUT2D eigenvalue weighted by Gasteiger charge is -2.21. The molecule has 0 amide bonds. The predicted octanol–water partition coefficient (Wildman–Crippen LogP) is 5.05. The zero-order chi connectivity index (χ0) is 14.8. The van der Waals surface area contributed by atoms with Crippen molar-refractivity contribution in [2.45, 2.75) is 33.1 Å². The average Bonchev–Trinajstić information content (AvgIpc) is 2.90. The Kier molecular flexibility index (Phi) is 3.78. The molecule has 1 N–H and O–H groups in total. The van der Waals surface area contributed by atoms with E-state index >= 15 is 0 Å². The number of rotatable bonds is 4. The predicted molar refractivity (Wildman–Crippen MR) is 88.6 cm³/mol. The normalized spacial score (nSPS) is 14.2. The monoisotopic (exact) mass is 278 g/mol. The highest BCUT2D eigenvalue weighted by Gasteiger charge is 2.23. The Balaban J connectivity index is 2.10. The highest BCUT2D eigenvalue weighted by Crippen LogP contribution is 2.33. The van der Waals surface area contributed by atoms with Crippen LogP contribution in [0.1, 0.15) is 43.1 Å². The molecule has 3 aromatic rings. The quantitative estimate of drug-likeness (QED) is 0.711. The lowest BCUT2D eigenvalue weighted by molar-refractivity contribution is 0.482. The van der Waals surface area contributed by atoms with Gasteiger partial charge >= 0.3 is 0 Å². The van der Waals surface area contributed by atoms with E-state index in [-0.39, 0.29) is 0 Å². The van der Waals surface area contributed by atoms with E-state index in [1.807, 2.05) is 0 Å². The van der Waals surface area contributed by atoms with Gasteiger partial charge in [0.05, 0.1) is 11.0 Å². The van der Waals surface area contributed by atoms with Gasteiger partial charge in [-0.2, -0.15) is 0 Å². The summed E-state index contributed by atoms with van der Waals surface area (Å²) in [5.41, 5.74) is 4.79. The first-order chi connectivity index (χ1) is 10.2. The van der Waals surface area contributed by atoms with Crippen LogP contribution >= 0.6 is 0 Å². The van der Waals surface area contributed by atoms with Crippen molar-refractivity contribution in [2.75, 3.05) is 0 Å². The van der Waals surface area contributed by atoms with Gasteiger partial charge < -0.3 is 4.98 Å². The average molecular weight is 278 g/mol. The van der Waals surface area contributed by atoms with Crippen molar-refractivity contribution in [3.8, 4) is 0 Å². The first-order valence-electron chi connectivity index (χ1n) is 7.70. The number of aryl methyl sites for hydroxylation is 1. The van der Waals surface area contributed by atoms with Crippen LogP contribution in [0.2, 0.25) is 0 Å². The second-order valence-electron chi connectivity index (χ2n) is 5.92. The van der Waals surface area contributed by atoms with E-state index in [0.717, 1.165) is 23.3 Å². The smallest absolute Gasteiger partial charge is 0.115 e. The fraction of sp³-hybridized carbons (Fsp3) is 0.316. The van der Waals surface area contributed by atoms with Crippen molar-refractivity contribution >= 4 is 11.0 Å². The molecule has 3 rings (SSSR count). The van der Waals surface area contributed by atoms with Crippen molar-refractivity contribution in [3.05, 3.63) is 65.5 Å². The van der Waals surface area contributed by atoms with Crippen LogP contribution < -0.4 is 0 Å². The van der Waals surface area contributed by atoms with Gasteiger partial charge in [0.1, 0.15) is 5.82 Å². The van der Waals surface area contributed by atoms with Gasteiger partial charge in [-0.05, 0) is 36.1 Å². The summed E-state index contributed by atoms with van der Waals surface area (Å²) in [6.07, 6.45) is 1.13. The molecule has 108 valence electrons. The molecule has 0 saturated carbocycles. The zero-order valence-corrected chi connectivity index (χ0v) is 12.9. The van der Waals surface area contributed by atoms with Crippen molar-refractivity contribution in [1.29, 1.82) is 0 Å². The Morgan fingerprint density at radius 3 is 2.57 bits per heavy atom. The van der Waals surface area contributed by atoms with Crippen molar-refractivity contribution in [2.24, 2.45) is 5.92 Å². The molecule has 1 heterocycles. The van der Waals surface area contributed by atoms with Crippen LogP contribution in [0, 0.1) is 12.8 Å². The Morgan fingerprint density at radius 1 is 1.10 bits per heavy atom. The summed E-state index contributed by atoms with van der Waals surface area (Å²) in [6.45, 7) is 6.66. The Bertz CT molecular complexity index is 728. The maximum atomic E-state index is 4.84. The standard InChI is InChI=1S/C19H22N2/c1-4-14(3)18(15-8-6-5-7-9-15)19-20-16-11-10-13(2)12-17(16)21-19/h5-12,14,18H,4H2,1-3H3,(H,20,21). The van der Waals surface area contributed by atoms with Gasteiger partial charge in [0, 0.05) is 5.92 Å². The summed E-state index contributed by atoms with van der Waals surface area (Å²) >= 11 is 0. The minimum absolute atomic E-state index is 0.323. The van der Waals surface area contributed by atoms with Crippen LogP contribution in [0.15, 0.2) is 48.5 Å². The molecule has 1 aromatic heterocycles. The van der Waals surface area contributed by atoms with Gasteiger partial charge in [-0.1, -0.05) is 56.7 Å². The van der Waals surface area contributed by atoms with E-state index in [9.17, 15) is 0 Å². The van der Waals surface area contributed by atoms with Crippen molar-refractivity contribution in [3.63, 3.8) is 0 Å². The minimum Gasteiger partial charge on any atom is -0.341 e. The number of aromatic nitrogens is 2. The van der Waals surface area contributed by atoms with E-state index < -0.39 is 0 Å². The van der Waals surface area contributed by atoms with E-state index in [4.69, 9.17) is 4.98 Å². The largest absolute Gasteiger partial charge is 0.341 e. The maximum Gasteiger partial charge on any atom is 0.115 e. The molecular weight excluding hydrogens is 256 g/mol. The number of nitrogens with one attached hydrogen (secondary N) is 1. The maximum absolute atomic E-state index is 4.84.